The molecule has 0 radical (unpaired) electrons. The number of methoxy groups -OCH3 is 1. The SMILES string of the molecule is CCCOCCC(=O)CCC(C)(C)OC. The van der Waals surface area contributed by atoms with Gasteiger partial charge in [0, 0.05) is 26.6 Å². The summed E-state index contributed by atoms with van der Waals surface area (Å²) in [5.74, 6) is 0.260. The molecule has 0 rings (SSSR count). The Morgan fingerprint density at radius 1 is 1.20 bits per heavy atom. The van der Waals surface area contributed by atoms with Crippen molar-refractivity contribution in [3.63, 3.8) is 0 Å². The molecule has 0 bridgehead atoms. The summed E-state index contributed by atoms with van der Waals surface area (Å²) in [6.45, 7) is 7.35. The third-order valence-corrected chi connectivity index (χ3v) is 2.43. The molecular weight excluding hydrogens is 192 g/mol. The molecule has 0 N–H and O–H groups in total. The lowest BCUT2D eigenvalue weighted by Crippen LogP contribution is -2.23. The van der Waals surface area contributed by atoms with Gasteiger partial charge in [-0.2, -0.15) is 0 Å². The predicted molar refractivity (Wildman–Crippen MR) is 61.1 cm³/mol. The molecule has 0 saturated carbocycles. The smallest absolute Gasteiger partial charge is 0.135 e. The van der Waals surface area contributed by atoms with Gasteiger partial charge in [-0.3, -0.25) is 4.79 Å². The maximum atomic E-state index is 11.4. The minimum absolute atomic E-state index is 0.195. The molecule has 0 aliphatic rings. The van der Waals surface area contributed by atoms with E-state index in [1.807, 2.05) is 13.8 Å². The lowest BCUT2D eigenvalue weighted by molar-refractivity contribution is -0.121. The first-order valence-corrected chi connectivity index (χ1v) is 5.66. The number of Topliss-reactive ketones (excluding diaryl/α,β-unsaturated/α-hetero) is 1. The summed E-state index contributed by atoms with van der Waals surface area (Å²) in [5.41, 5.74) is -0.195. The minimum Gasteiger partial charge on any atom is -0.381 e. The average molecular weight is 216 g/mol. The molecule has 0 aromatic carbocycles. The number of carbonyl (C=O) groups excluding carboxylic acids is 1. The van der Waals surface area contributed by atoms with Crippen molar-refractivity contribution in [3.8, 4) is 0 Å². The van der Waals surface area contributed by atoms with Gasteiger partial charge in [-0.1, -0.05) is 6.92 Å². The van der Waals surface area contributed by atoms with Gasteiger partial charge in [0.2, 0.25) is 0 Å². The van der Waals surface area contributed by atoms with Crippen molar-refractivity contribution < 1.29 is 14.3 Å². The Labute approximate surface area is 93.1 Å². The molecule has 3 nitrogen and oxygen atoms in total. The first-order valence-electron chi connectivity index (χ1n) is 5.66. The molecule has 0 aromatic heterocycles. The molecule has 0 aliphatic heterocycles. The molecule has 0 aliphatic carbocycles. The zero-order valence-corrected chi connectivity index (χ0v) is 10.5. The van der Waals surface area contributed by atoms with Crippen LogP contribution in [0.3, 0.4) is 0 Å². The van der Waals surface area contributed by atoms with Crippen LogP contribution in [0.5, 0.6) is 0 Å². The second kappa shape index (κ2) is 7.83. The fourth-order valence-electron chi connectivity index (χ4n) is 1.10. The van der Waals surface area contributed by atoms with Crippen LogP contribution in [0.25, 0.3) is 0 Å². The Balaban J connectivity index is 3.49. The Morgan fingerprint density at radius 3 is 2.40 bits per heavy atom. The van der Waals surface area contributed by atoms with Crippen LogP contribution in [0.1, 0.15) is 46.5 Å². The Bertz CT molecular complexity index is 176. The van der Waals surface area contributed by atoms with Crippen LogP contribution in [-0.4, -0.2) is 31.7 Å². The third-order valence-electron chi connectivity index (χ3n) is 2.43. The lowest BCUT2D eigenvalue weighted by Gasteiger charge is -2.22. The summed E-state index contributed by atoms with van der Waals surface area (Å²) < 4.78 is 10.5. The number of carbonyl (C=O) groups is 1. The highest BCUT2D eigenvalue weighted by Gasteiger charge is 2.17. The molecular formula is C12H24O3. The van der Waals surface area contributed by atoms with Crippen molar-refractivity contribution in [1.82, 2.24) is 0 Å². The monoisotopic (exact) mass is 216 g/mol. The lowest BCUT2D eigenvalue weighted by atomic mass is 10.00. The summed E-state index contributed by atoms with van der Waals surface area (Å²) in [6.07, 6.45) is 2.89. The zero-order valence-electron chi connectivity index (χ0n) is 10.5. The molecule has 15 heavy (non-hydrogen) atoms. The summed E-state index contributed by atoms with van der Waals surface area (Å²) in [6, 6.07) is 0. The first kappa shape index (κ1) is 14.6. The van der Waals surface area contributed by atoms with Crippen molar-refractivity contribution in [1.29, 1.82) is 0 Å². The van der Waals surface area contributed by atoms with E-state index in [1.165, 1.54) is 0 Å². The van der Waals surface area contributed by atoms with Gasteiger partial charge >= 0.3 is 0 Å². The second-order valence-corrected chi connectivity index (χ2v) is 4.36. The van der Waals surface area contributed by atoms with E-state index in [2.05, 4.69) is 6.92 Å². The van der Waals surface area contributed by atoms with Crippen molar-refractivity contribution in [3.05, 3.63) is 0 Å². The van der Waals surface area contributed by atoms with Crippen molar-refractivity contribution in [2.45, 2.75) is 52.1 Å². The second-order valence-electron chi connectivity index (χ2n) is 4.36. The highest BCUT2D eigenvalue weighted by atomic mass is 16.5. The van der Waals surface area contributed by atoms with Crippen LogP contribution in [0.15, 0.2) is 0 Å². The van der Waals surface area contributed by atoms with Crippen LogP contribution in [0, 0.1) is 0 Å². The fraction of sp³-hybridized carbons (Fsp3) is 0.917. The standard InChI is InChI=1S/C12H24O3/c1-5-9-15-10-7-11(13)6-8-12(2,3)14-4/h5-10H2,1-4H3. The van der Waals surface area contributed by atoms with Crippen LogP contribution in [0.2, 0.25) is 0 Å². The van der Waals surface area contributed by atoms with Gasteiger partial charge in [0.05, 0.1) is 12.2 Å². The summed E-state index contributed by atoms with van der Waals surface area (Å²) in [7, 11) is 1.68. The van der Waals surface area contributed by atoms with E-state index in [9.17, 15) is 4.79 Å². The average Bonchev–Trinajstić information content (AvgIpc) is 2.22. The Kier molecular flexibility index (Phi) is 7.61. The molecule has 3 heteroatoms. The van der Waals surface area contributed by atoms with Gasteiger partial charge in [-0.15, -0.1) is 0 Å². The van der Waals surface area contributed by atoms with E-state index in [0.29, 0.717) is 19.4 Å². The largest absolute Gasteiger partial charge is 0.381 e. The topological polar surface area (TPSA) is 35.5 Å². The fourth-order valence-corrected chi connectivity index (χ4v) is 1.10. The molecule has 90 valence electrons. The van der Waals surface area contributed by atoms with Crippen LogP contribution >= 0.6 is 0 Å². The van der Waals surface area contributed by atoms with E-state index in [-0.39, 0.29) is 11.4 Å². The molecule has 0 unspecified atom stereocenters. The van der Waals surface area contributed by atoms with Crippen molar-refractivity contribution in [2.24, 2.45) is 0 Å². The normalized spacial score (nSPS) is 11.7. The maximum absolute atomic E-state index is 11.4. The van der Waals surface area contributed by atoms with Gasteiger partial charge in [-0.25, -0.2) is 0 Å². The number of hydrogen-bond acceptors (Lipinski definition) is 3. The predicted octanol–water partition coefficient (Wildman–Crippen LogP) is 2.58. The zero-order chi connectivity index (χ0) is 11.7. The van der Waals surface area contributed by atoms with E-state index in [4.69, 9.17) is 9.47 Å². The highest BCUT2D eigenvalue weighted by Crippen LogP contribution is 2.15. The third kappa shape index (κ3) is 8.58. The maximum Gasteiger partial charge on any atom is 0.135 e. The van der Waals surface area contributed by atoms with Gasteiger partial charge < -0.3 is 9.47 Å². The van der Waals surface area contributed by atoms with Crippen molar-refractivity contribution in [2.75, 3.05) is 20.3 Å². The molecule has 0 amide bonds. The van der Waals surface area contributed by atoms with Gasteiger partial charge in [0.25, 0.3) is 0 Å². The number of ketones is 1. The molecule has 0 atom stereocenters. The minimum atomic E-state index is -0.195. The van der Waals surface area contributed by atoms with Gasteiger partial charge in [0.15, 0.2) is 0 Å². The van der Waals surface area contributed by atoms with E-state index < -0.39 is 0 Å². The molecule has 0 saturated heterocycles. The van der Waals surface area contributed by atoms with Crippen LogP contribution < -0.4 is 0 Å². The number of ether oxygens (including phenoxy) is 2. The van der Waals surface area contributed by atoms with Crippen molar-refractivity contribution >= 4 is 5.78 Å². The quantitative estimate of drug-likeness (QED) is 0.556. The molecule has 0 spiro atoms. The Morgan fingerprint density at radius 2 is 1.87 bits per heavy atom. The Hall–Kier alpha value is -0.410. The molecule has 0 fully saturated rings. The summed E-state index contributed by atoms with van der Waals surface area (Å²) in [4.78, 5) is 11.4. The number of rotatable bonds is 9. The summed E-state index contributed by atoms with van der Waals surface area (Å²) in [5, 5.41) is 0. The first-order chi connectivity index (χ1) is 7.02. The van der Waals surface area contributed by atoms with Crippen LogP contribution in [0.4, 0.5) is 0 Å². The van der Waals surface area contributed by atoms with E-state index >= 15 is 0 Å². The molecule has 0 heterocycles. The van der Waals surface area contributed by atoms with Crippen LogP contribution in [-0.2, 0) is 14.3 Å². The van der Waals surface area contributed by atoms with Gasteiger partial charge in [-0.05, 0) is 26.7 Å². The summed E-state index contributed by atoms with van der Waals surface area (Å²) >= 11 is 0. The van der Waals surface area contributed by atoms with E-state index in [0.717, 1.165) is 19.4 Å². The highest BCUT2D eigenvalue weighted by molar-refractivity contribution is 5.78. The number of hydrogen-bond donors (Lipinski definition) is 0. The van der Waals surface area contributed by atoms with Gasteiger partial charge in [0.1, 0.15) is 5.78 Å². The van der Waals surface area contributed by atoms with E-state index in [1.54, 1.807) is 7.11 Å². The molecule has 0 aromatic rings.